The van der Waals surface area contributed by atoms with E-state index in [0.29, 0.717) is 5.75 Å². The van der Waals surface area contributed by atoms with Crippen molar-refractivity contribution in [3.63, 3.8) is 0 Å². The molecule has 0 radical (unpaired) electrons. The van der Waals surface area contributed by atoms with Gasteiger partial charge in [0.25, 0.3) is 0 Å². The zero-order valence-corrected chi connectivity index (χ0v) is 9.17. The topological polar surface area (TPSA) is 46.2 Å². The van der Waals surface area contributed by atoms with Crippen LogP contribution in [-0.4, -0.2) is 5.11 Å². The van der Waals surface area contributed by atoms with Gasteiger partial charge in [-0.25, -0.2) is 0 Å². The molecule has 0 saturated heterocycles. The Morgan fingerprint density at radius 3 is 2.21 bits per heavy atom. The van der Waals surface area contributed by atoms with Crippen molar-refractivity contribution in [2.75, 3.05) is 0 Å². The number of aryl methyl sites for hydroxylation is 2. The van der Waals surface area contributed by atoms with E-state index in [-0.39, 0.29) is 6.04 Å². The summed E-state index contributed by atoms with van der Waals surface area (Å²) in [7, 11) is 0. The Morgan fingerprint density at radius 1 is 1.29 bits per heavy atom. The summed E-state index contributed by atoms with van der Waals surface area (Å²) in [6.07, 6.45) is 2.08. The molecule has 2 heteroatoms. The summed E-state index contributed by atoms with van der Waals surface area (Å²) in [6, 6.07) is 3.65. The molecule has 3 N–H and O–H groups in total. The molecule has 0 spiro atoms. The molecule has 0 aromatic heterocycles. The average Bonchev–Trinajstić information content (AvgIpc) is 2.01. The van der Waals surface area contributed by atoms with Gasteiger partial charge in [-0.15, -0.1) is 0 Å². The van der Waals surface area contributed by atoms with Gasteiger partial charge in [-0.2, -0.15) is 0 Å². The van der Waals surface area contributed by atoms with Crippen LogP contribution in [0.15, 0.2) is 12.1 Å². The van der Waals surface area contributed by atoms with Crippen molar-refractivity contribution in [2.24, 2.45) is 5.73 Å². The van der Waals surface area contributed by atoms with E-state index >= 15 is 0 Å². The summed E-state index contributed by atoms with van der Waals surface area (Å²) in [5.41, 5.74) is 9.43. The SMILES string of the molecule is CCC[C@H](N)c1c(C)cc(O)cc1C. The van der Waals surface area contributed by atoms with Gasteiger partial charge in [0.2, 0.25) is 0 Å². The highest BCUT2D eigenvalue weighted by Crippen LogP contribution is 2.27. The Labute approximate surface area is 85.8 Å². The molecular weight excluding hydrogens is 174 g/mol. The number of nitrogens with two attached hydrogens (primary N) is 1. The molecule has 1 atom stereocenters. The number of aromatic hydroxyl groups is 1. The van der Waals surface area contributed by atoms with Gasteiger partial charge in [-0.1, -0.05) is 13.3 Å². The van der Waals surface area contributed by atoms with E-state index in [1.807, 2.05) is 13.8 Å². The average molecular weight is 193 g/mol. The summed E-state index contributed by atoms with van der Waals surface area (Å²) < 4.78 is 0. The van der Waals surface area contributed by atoms with Gasteiger partial charge in [0.1, 0.15) is 5.75 Å². The van der Waals surface area contributed by atoms with Gasteiger partial charge >= 0.3 is 0 Å². The standard InChI is InChI=1S/C12H19NO/c1-4-5-11(13)12-8(2)6-10(14)7-9(12)3/h6-7,11,14H,4-5,13H2,1-3H3/t11-/m0/s1. The third-order valence-electron chi connectivity index (χ3n) is 2.55. The summed E-state index contributed by atoms with van der Waals surface area (Å²) in [5.74, 6) is 0.326. The van der Waals surface area contributed by atoms with E-state index in [2.05, 4.69) is 6.92 Å². The van der Waals surface area contributed by atoms with E-state index < -0.39 is 0 Å². The fourth-order valence-corrected chi connectivity index (χ4v) is 1.99. The number of rotatable bonds is 3. The van der Waals surface area contributed by atoms with Gasteiger partial charge in [0, 0.05) is 6.04 Å². The number of benzene rings is 1. The molecule has 0 aliphatic rings. The zero-order chi connectivity index (χ0) is 10.7. The highest BCUT2D eigenvalue weighted by atomic mass is 16.3. The number of hydrogen-bond donors (Lipinski definition) is 2. The van der Waals surface area contributed by atoms with Crippen LogP contribution in [0.2, 0.25) is 0 Å². The molecule has 0 fully saturated rings. The number of hydrogen-bond acceptors (Lipinski definition) is 2. The van der Waals surface area contributed by atoms with Gasteiger partial charge in [-0.05, 0) is 49.1 Å². The number of phenolic OH excluding ortho intramolecular Hbond substituents is 1. The second-order valence-corrected chi connectivity index (χ2v) is 3.89. The first-order valence-electron chi connectivity index (χ1n) is 5.12. The molecule has 0 saturated carbocycles. The molecule has 1 rings (SSSR count). The molecule has 0 aliphatic heterocycles. The normalized spacial score (nSPS) is 12.9. The first kappa shape index (κ1) is 11.1. The Kier molecular flexibility index (Phi) is 3.53. The van der Waals surface area contributed by atoms with E-state index in [1.54, 1.807) is 12.1 Å². The van der Waals surface area contributed by atoms with Crippen LogP contribution < -0.4 is 5.73 Å². The third kappa shape index (κ3) is 2.26. The maximum Gasteiger partial charge on any atom is 0.116 e. The largest absolute Gasteiger partial charge is 0.508 e. The van der Waals surface area contributed by atoms with Crippen molar-refractivity contribution in [3.8, 4) is 5.75 Å². The van der Waals surface area contributed by atoms with E-state index in [9.17, 15) is 5.11 Å². The first-order chi connectivity index (χ1) is 6.56. The lowest BCUT2D eigenvalue weighted by atomic mass is 9.94. The van der Waals surface area contributed by atoms with Crippen LogP contribution in [0.4, 0.5) is 0 Å². The van der Waals surface area contributed by atoms with Gasteiger partial charge < -0.3 is 10.8 Å². The van der Waals surface area contributed by atoms with Crippen molar-refractivity contribution < 1.29 is 5.11 Å². The van der Waals surface area contributed by atoms with Crippen LogP contribution in [0.1, 0.15) is 42.5 Å². The van der Waals surface area contributed by atoms with Crippen LogP contribution in [0.3, 0.4) is 0 Å². The van der Waals surface area contributed by atoms with Gasteiger partial charge in [0.15, 0.2) is 0 Å². The lowest BCUT2D eigenvalue weighted by Crippen LogP contribution is -2.12. The predicted molar refractivity (Wildman–Crippen MR) is 59.4 cm³/mol. The minimum atomic E-state index is 0.0978. The lowest BCUT2D eigenvalue weighted by molar-refractivity contribution is 0.473. The summed E-state index contributed by atoms with van der Waals surface area (Å²) in [4.78, 5) is 0. The van der Waals surface area contributed by atoms with Crippen LogP contribution in [0.5, 0.6) is 5.75 Å². The lowest BCUT2D eigenvalue weighted by Gasteiger charge is -2.17. The van der Waals surface area contributed by atoms with E-state index in [1.165, 1.54) is 5.56 Å². The molecule has 2 nitrogen and oxygen atoms in total. The Morgan fingerprint density at radius 2 is 1.79 bits per heavy atom. The minimum Gasteiger partial charge on any atom is -0.508 e. The minimum absolute atomic E-state index is 0.0978. The molecule has 1 aromatic rings. The predicted octanol–water partition coefficient (Wildman–Crippen LogP) is 2.81. The van der Waals surface area contributed by atoms with Gasteiger partial charge in [-0.3, -0.25) is 0 Å². The highest BCUT2D eigenvalue weighted by molar-refractivity contribution is 5.42. The Hall–Kier alpha value is -1.02. The molecule has 14 heavy (non-hydrogen) atoms. The maximum atomic E-state index is 9.39. The third-order valence-corrected chi connectivity index (χ3v) is 2.55. The molecule has 0 unspecified atom stereocenters. The van der Waals surface area contributed by atoms with Crippen LogP contribution >= 0.6 is 0 Å². The Balaban J connectivity index is 3.07. The van der Waals surface area contributed by atoms with Crippen LogP contribution in [0, 0.1) is 13.8 Å². The second kappa shape index (κ2) is 4.47. The van der Waals surface area contributed by atoms with E-state index in [4.69, 9.17) is 5.73 Å². The summed E-state index contributed by atoms with van der Waals surface area (Å²) >= 11 is 0. The molecular formula is C12H19NO. The van der Waals surface area contributed by atoms with Crippen LogP contribution in [-0.2, 0) is 0 Å². The van der Waals surface area contributed by atoms with Crippen molar-refractivity contribution in [2.45, 2.75) is 39.7 Å². The van der Waals surface area contributed by atoms with Crippen LogP contribution in [0.25, 0.3) is 0 Å². The summed E-state index contributed by atoms with van der Waals surface area (Å²) in [6.45, 7) is 6.13. The smallest absolute Gasteiger partial charge is 0.116 e. The quantitative estimate of drug-likeness (QED) is 0.775. The second-order valence-electron chi connectivity index (χ2n) is 3.89. The zero-order valence-electron chi connectivity index (χ0n) is 9.17. The van der Waals surface area contributed by atoms with Crippen molar-refractivity contribution in [3.05, 3.63) is 28.8 Å². The molecule has 78 valence electrons. The van der Waals surface area contributed by atoms with E-state index in [0.717, 1.165) is 24.0 Å². The summed E-state index contributed by atoms with van der Waals surface area (Å²) in [5, 5.41) is 9.39. The highest BCUT2D eigenvalue weighted by Gasteiger charge is 2.11. The first-order valence-corrected chi connectivity index (χ1v) is 5.12. The Bertz CT molecular complexity index is 297. The van der Waals surface area contributed by atoms with Crippen molar-refractivity contribution in [1.29, 1.82) is 0 Å². The fraction of sp³-hybridized carbons (Fsp3) is 0.500. The molecule has 0 bridgehead atoms. The molecule has 1 aromatic carbocycles. The molecule has 0 aliphatic carbocycles. The van der Waals surface area contributed by atoms with Crippen molar-refractivity contribution >= 4 is 0 Å². The van der Waals surface area contributed by atoms with Crippen molar-refractivity contribution in [1.82, 2.24) is 0 Å². The number of phenols is 1. The monoisotopic (exact) mass is 193 g/mol. The fourth-order valence-electron chi connectivity index (χ4n) is 1.99. The maximum absolute atomic E-state index is 9.39. The van der Waals surface area contributed by atoms with Gasteiger partial charge in [0.05, 0.1) is 0 Å². The molecule has 0 heterocycles. The molecule has 0 amide bonds.